The van der Waals surface area contributed by atoms with Gasteiger partial charge in [0.05, 0.1) is 13.2 Å². The van der Waals surface area contributed by atoms with Crippen LogP contribution in [0, 0.1) is 0 Å². The first-order chi connectivity index (χ1) is 7.99. The van der Waals surface area contributed by atoms with Gasteiger partial charge in [0, 0.05) is 0 Å². The van der Waals surface area contributed by atoms with Gasteiger partial charge in [-0.05, 0) is 0 Å². The molecule has 108 valence electrons. The van der Waals surface area contributed by atoms with Gasteiger partial charge in [-0.2, -0.15) is 8.62 Å². The number of hydrogen-bond acceptors (Lipinski definition) is 8. The predicted octanol–water partition coefficient (Wildman–Crippen LogP) is -0.340. The normalized spacial score (nSPS) is 24.7. The Labute approximate surface area is 99.9 Å². The molecule has 1 heterocycles. The number of ether oxygens (including phenoxy) is 2. The minimum Gasteiger partial charge on any atom is -0.327 e. The Morgan fingerprint density at radius 3 is 1.83 bits per heavy atom. The highest BCUT2D eigenvalue weighted by Gasteiger charge is 2.42. The average molecular weight is 330 g/mol. The Hall–Kier alpha value is 0.330. The molecule has 1 aliphatic rings. The van der Waals surface area contributed by atoms with Crippen LogP contribution in [-0.4, -0.2) is 39.3 Å². The second-order valence-corrected chi connectivity index (χ2v) is 7.10. The van der Waals surface area contributed by atoms with Crippen molar-refractivity contribution in [3.63, 3.8) is 0 Å². The van der Waals surface area contributed by atoms with Crippen molar-refractivity contribution in [1.82, 2.24) is 0 Å². The SMILES string of the molecule is O=P(O)(O)OP(=O)(O)OP(=O)(O)OC1OCCO1. The summed E-state index contributed by atoms with van der Waals surface area (Å²) in [6.45, 7) is -1.49. The van der Waals surface area contributed by atoms with E-state index in [9.17, 15) is 13.7 Å². The fourth-order valence-electron chi connectivity index (χ4n) is 0.805. The van der Waals surface area contributed by atoms with Gasteiger partial charge in [-0.1, -0.05) is 0 Å². The third kappa shape index (κ3) is 6.48. The van der Waals surface area contributed by atoms with E-state index in [-0.39, 0.29) is 13.2 Å². The van der Waals surface area contributed by atoms with E-state index in [1.54, 1.807) is 0 Å². The summed E-state index contributed by atoms with van der Waals surface area (Å²) < 4.78 is 52.5. The molecule has 1 aliphatic heterocycles. The molecule has 0 aliphatic carbocycles. The molecule has 0 saturated carbocycles. The van der Waals surface area contributed by atoms with Crippen LogP contribution in [0.2, 0.25) is 0 Å². The highest BCUT2D eigenvalue weighted by molar-refractivity contribution is 7.66. The van der Waals surface area contributed by atoms with Crippen LogP contribution in [0.15, 0.2) is 0 Å². The number of rotatable bonds is 6. The Morgan fingerprint density at radius 1 is 0.889 bits per heavy atom. The van der Waals surface area contributed by atoms with E-state index in [1.807, 2.05) is 0 Å². The van der Waals surface area contributed by atoms with E-state index < -0.39 is 29.9 Å². The highest BCUT2D eigenvalue weighted by atomic mass is 31.3. The monoisotopic (exact) mass is 330 g/mol. The first-order valence-corrected chi connectivity index (χ1v) is 8.57. The summed E-state index contributed by atoms with van der Waals surface area (Å²) in [7, 11) is -16.1. The lowest BCUT2D eigenvalue weighted by molar-refractivity contribution is -0.184. The fraction of sp³-hybridized carbons (Fsp3) is 1.00. The molecule has 1 saturated heterocycles. The van der Waals surface area contributed by atoms with Gasteiger partial charge in [0.15, 0.2) is 0 Å². The van der Waals surface area contributed by atoms with Gasteiger partial charge in [-0.3, -0.25) is 0 Å². The van der Waals surface area contributed by atoms with Gasteiger partial charge in [0.2, 0.25) is 0 Å². The van der Waals surface area contributed by atoms with Crippen molar-refractivity contribution in [2.45, 2.75) is 6.48 Å². The largest absolute Gasteiger partial charge is 0.490 e. The standard InChI is InChI=1S/C3H9O12P3/c4-16(5,6)14-18(9,10)15-17(7,8)13-3-11-1-2-12-3/h3H,1-2H2,(H,7,8)(H,9,10)(H2,4,5,6). The van der Waals surface area contributed by atoms with Crippen LogP contribution in [0.1, 0.15) is 0 Å². The molecular weight excluding hydrogens is 321 g/mol. The van der Waals surface area contributed by atoms with Crippen LogP contribution in [0.3, 0.4) is 0 Å². The Bertz CT molecular complexity index is 418. The first kappa shape index (κ1) is 16.4. The van der Waals surface area contributed by atoms with E-state index in [1.165, 1.54) is 0 Å². The quantitative estimate of drug-likeness (QED) is 0.466. The van der Waals surface area contributed by atoms with Crippen LogP contribution in [-0.2, 0) is 36.3 Å². The summed E-state index contributed by atoms with van der Waals surface area (Å²) in [6, 6.07) is 0. The molecule has 0 aromatic rings. The summed E-state index contributed by atoms with van der Waals surface area (Å²) in [5, 5.41) is 0. The summed E-state index contributed by atoms with van der Waals surface area (Å²) >= 11 is 0. The maximum atomic E-state index is 11.2. The molecule has 1 rings (SSSR count). The van der Waals surface area contributed by atoms with Crippen molar-refractivity contribution in [2.75, 3.05) is 13.2 Å². The molecule has 15 heteroatoms. The van der Waals surface area contributed by atoms with E-state index in [0.717, 1.165) is 0 Å². The number of phosphoric acid groups is 3. The molecule has 2 unspecified atom stereocenters. The Balaban J connectivity index is 2.60. The molecular formula is C3H9O12P3. The smallest absolute Gasteiger partial charge is 0.327 e. The van der Waals surface area contributed by atoms with E-state index in [4.69, 9.17) is 19.6 Å². The van der Waals surface area contributed by atoms with Crippen LogP contribution in [0.25, 0.3) is 0 Å². The summed E-state index contributed by atoms with van der Waals surface area (Å²) in [4.78, 5) is 34.3. The van der Waals surface area contributed by atoms with Gasteiger partial charge < -0.3 is 29.0 Å². The van der Waals surface area contributed by atoms with Crippen molar-refractivity contribution >= 4 is 23.5 Å². The molecule has 12 nitrogen and oxygen atoms in total. The van der Waals surface area contributed by atoms with E-state index >= 15 is 0 Å². The molecule has 0 amide bonds. The van der Waals surface area contributed by atoms with Crippen molar-refractivity contribution in [3.05, 3.63) is 0 Å². The lowest BCUT2D eigenvalue weighted by Gasteiger charge is -2.17. The third-order valence-corrected chi connectivity index (χ3v) is 4.99. The zero-order chi connectivity index (χ0) is 14.0. The predicted molar refractivity (Wildman–Crippen MR) is 50.6 cm³/mol. The van der Waals surface area contributed by atoms with Gasteiger partial charge in [-0.25, -0.2) is 18.2 Å². The average Bonchev–Trinajstić information content (AvgIpc) is 2.46. The molecule has 1 fully saturated rings. The summed E-state index contributed by atoms with van der Waals surface area (Å²) in [5.74, 6) is 0. The molecule has 0 radical (unpaired) electrons. The van der Waals surface area contributed by atoms with Crippen molar-refractivity contribution in [1.29, 1.82) is 0 Å². The zero-order valence-electron chi connectivity index (χ0n) is 8.39. The van der Waals surface area contributed by atoms with Crippen molar-refractivity contribution in [2.24, 2.45) is 0 Å². The number of hydrogen-bond donors (Lipinski definition) is 4. The second kappa shape index (κ2) is 5.76. The number of phosphoric ester groups is 1. The Kier molecular flexibility index (Phi) is 5.24. The van der Waals surface area contributed by atoms with E-state index in [0.29, 0.717) is 0 Å². The van der Waals surface area contributed by atoms with Crippen LogP contribution < -0.4 is 0 Å². The highest BCUT2D eigenvalue weighted by Crippen LogP contribution is 2.66. The van der Waals surface area contributed by atoms with Gasteiger partial charge in [0.1, 0.15) is 0 Å². The van der Waals surface area contributed by atoms with Crippen LogP contribution in [0.5, 0.6) is 0 Å². The minimum absolute atomic E-state index is 0.0560. The maximum absolute atomic E-state index is 11.2. The van der Waals surface area contributed by atoms with Gasteiger partial charge >= 0.3 is 23.5 Å². The first-order valence-electron chi connectivity index (χ1n) is 4.05. The molecule has 0 aromatic heterocycles. The zero-order valence-corrected chi connectivity index (χ0v) is 11.1. The summed E-state index contributed by atoms with van der Waals surface area (Å²) in [6.07, 6.45) is 0. The molecule has 0 spiro atoms. The summed E-state index contributed by atoms with van der Waals surface area (Å²) in [5.41, 5.74) is 0. The third-order valence-electron chi connectivity index (χ3n) is 1.23. The Morgan fingerprint density at radius 2 is 1.39 bits per heavy atom. The molecule has 0 bridgehead atoms. The molecule has 0 aromatic carbocycles. The molecule has 18 heavy (non-hydrogen) atoms. The lowest BCUT2D eigenvalue weighted by atomic mass is 10.8. The van der Waals surface area contributed by atoms with Gasteiger partial charge in [0.25, 0.3) is 6.48 Å². The molecule has 4 N–H and O–H groups in total. The van der Waals surface area contributed by atoms with E-state index in [2.05, 4.69) is 22.6 Å². The van der Waals surface area contributed by atoms with Crippen LogP contribution >= 0.6 is 23.5 Å². The van der Waals surface area contributed by atoms with Gasteiger partial charge in [-0.15, -0.1) is 0 Å². The minimum atomic E-state index is -5.50. The lowest BCUT2D eigenvalue weighted by Crippen LogP contribution is -2.11. The maximum Gasteiger partial charge on any atom is 0.490 e. The topological polar surface area (TPSA) is 178 Å². The van der Waals surface area contributed by atoms with Crippen molar-refractivity contribution < 1.29 is 55.9 Å². The fourth-order valence-corrected chi connectivity index (χ4v) is 3.80. The van der Waals surface area contributed by atoms with Crippen molar-refractivity contribution in [3.8, 4) is 0 Å². The molecule has 2 atom stereocenters. The second-order valence-electron chi connectivity index (χ2n) is 2.73. The van der Waals surface area contributed by atoms with Crippen LogP contribution in [0.4, 0.5) is 0 Å².